The lowest BCUT2D eigenvalue weighted by Gasteiger charge is -2.27. The van der Waals surface area contributed by atoms with E-state index in [1.54, 1.807) is 6.92 Å². The van der Waals surface area contributed by atoms with Gasteiger partial charge in [-0.3, -0.25) is 9.59 Å². The first-order chi connectivity index (χ1) is 22.4. The summed E-state index contributed by atoms with van der Waals surface area (Å²) in [5, 5.41) is 16.1. The second-order valence-electron chi connectivity index (χ2n) is 13.5. The maximum absolute atomic E-state index is 13.1. The van der Waals surface area contributed by atoms with E-state index in [1.807, 2.05) is 13.8 Å². The van der Waals surface area contributed by atoms with Crippen LogP contribution in [0.2, 0.25) is 0 Å². The van der Waals surface area contributed by atoms with Gasteiger partial charge in [-0.2, -0.15) is 0 Å². The minimum atomic E-state index is -0.948. The van der Waals surface area contributed by atoms with E-state index in [9.17, 15) is 14.7 Å². The lowest BCUT2D eigenvalue weighted by molar-refractivity contribution is -0.138. The molecule has 0 saturated heterocycles. The molecule has 2 amide bonds. The fourth-order valence-corrected chi connectivity index (χ4v) is 6.09. The van der Waals surface area contributed by atoms with E-state index in [0.29, 0.717) is 26.1 Å². The van der Waals surface area contributed by atoms with Crippen molar-refractivity contribution in [2.45, 2.75) is 226 Å². The van der Waals surface area contributed by atoms with Crippen LogP contribution in [0.15, 0.2) is 0 Å². The molecule has 0 aliphatic rings. The van der Waals surface area contributed by atoms with Crippen molar-refractivity contribution in [2.75, 3.05) is 13.2 Å². The Bertz CT molecular complexity index is 623. The zero-order valence-electron chi connectivity index (χ0n) is 31.2. The number of nitrogens with one attached hydrogen (secondary N) is 2. The third-order valence-corrected chi connectivity index (χ3v) is 9.04. The third-order valence-electron chi connectivity index (χ3n) is 9.04. The fourth-order valence-electron chi connectivity index (χ4n) is 6.09. The number of ether oxygens (including phenoxy) is 2. The minimum absolute atomic E-state index is 0.287. The summed E-state index contributed by atoms with van der Waals surface area (Å²) in [5.74, 6) is -0.574. The van der Waals surface area contributed by atoms with E-state index in [2.05, 4.69) is 24.5 Å². The van der Waals surface area contributed by atoms with Gasteiger partial charge < -0.3 is 25.2 Å². The summed E-state index contributed by atoms with van der Waals surface area (Å²) in [7, 11) is 0. The number of rotatable bonds is 35. The summed E-state index contributed by atoms with van der Waals surface area (Å²) in [6.07, 6.45) is 28.6. The second kappa shape index (κ2) is 33.7. The quantitative estimate of drug-likeness (QED) is 0.0467. The number of aliphatic hydroxyl groups is 1. The van der Waals surface area contributed by atoms with Gasteiger partial charge in [0.1, 0.15) is 18.4 Å². The molecule has 7 heteroatoms. The highest BCUT2D eigenvalue weighted by Crippen LogP contribution is 2.16. The van der Waals surface area contributed by atoms with Crippen molar-refractivity contribution in [3.8, 4) is 0 Å². The molecular weight excluding hydrogens is 576 g/mol. The molecule has 0 heterocycles. The molecule has 0 fully saturated rings. The van der Waals surface area contributed by atoms with Crippen molar-refractivity contribution in [1.82, 2.24) is 10.6 Å². The van der Waals surface area contributed by atoms with E-state index >= 15 is 0 Å². The Morgan fingerprint density at radius 2 is 0.739 bits per heavy atom. The highest BCUT2D eigenvalue weighted by Gasteiger charge is 2.28. The Hall–Kier alpha value is -1.18. The molecule has 0 rings (SSSR count). The van der Waals surface area contributed by atoms with Crippen LogP contribution in [-0.2, 0) is 19.1 Å². The maximum atomic E-state index is 13.1. The average molecular weight is 655 g/mol. The Morgan fingerprint density at radius 1 is 0.478 bits per heavy atom. The number of carbonyl (C=O) groups is 2. The monoisotopic (exact) mass is 655 g/mol. The average Bonchev–Trinajstić information content (AvgIpc) is 3.04. The van der Waals surface area contributed by atoms with Crippen LogP contribution in [0.3, 0.4) is 0 Å². The number of aliphatic hydroxyl groups excluding tert-OH is 1. The molecule has 0 saturated carbocycles. The van der Waals surface area contributed by atoms with Crippen molar-refractivity contribution in [3.05, 3.63) is 0 Å². The van der Waals surface area contributed by atoms with Crippen molar-refractivity contribution in [1.29, 1.82) is 0 Å². The van der Waals surface area contributed by atoms with Gasteiger partial charge in [0.05, 0.1) is 6.10 Å². The van der Waals surface area contributed by atoms with E-state index in [0.717, 1.165) is 25.7 Å². The van der Waals surface area contributed by atoms with Crippen LogP contribution in [0.25, 0.3) is 0 Å². The van der Waals surface area contributed by atoms with E-state index in [4.69, 9.17) is 9.47 Å². The fraction of sp³-hybridized carbons (Fsp3) is 0.949. The van der Waals surface area contributed by atoms with Crippen LogP contribution >= 0.6 is 0 Å². The minimum Gasteiger partial charge on any atom is -0.389 e. The van der Waals surface area contributed by atoms with Gasteiger partial charge in [0.25, 0.3) is 11.8 Å². The molecule has 274 valence electrons. The smallest absolute Gasteiger partial charge is 0.250 e. The molecule has 3 atom stereocenters. The molecule has 0 aliphatic heterocycles. The molecule has 0 aromatic carbocycles. The number of carbonyl (C=O) groups excluding carboxylic acids is 2. The Balaban J connectivity index is 4.40. The van der Waals surface area contributed by atoms with Gasteiger partial charge >= 0.3 is 0 Å². The number of hydrogen-bond donors (Lipinski definition) is 3. The summed E-state index contributed by atoms with van der Waals surface area (Å²) in [6.45, 7) is 10.7. The first-order valence-corrected chi connectivity index (χ1v) is 19.9. The number of unbranched alkanes of at least 4 members (excludes halogenated alkanes) is 22. The van der Waals surface area contributed by atoms with Crippen molar-refractivity contribution in [2.24, 2.45) is 0 Å². The van der Waals surface area contributed by atoms with Crippen molar-refractivity contribution in [3.63, 3.8) is 0 Å². The summed E-state index contributed by atoms with van der Waals surface area (Å²) < 4.78 is 11.5. The predicted molar refractivity (Wildman–Crippen MR) is 194 cm³/mol. The summed E-state index contributed by atoms with van der Waals surface area (Å²) in [5.41, 5.74) is 0. The Morgan fingerprint density at radius 3 is 0.978 bits per heavy atom. The zero-order valence-corrected chi connectivity index (χ0v) is 31.2. The van der Waals surface area contributed by atoms with E-state index < -0.39 is 24.5 Å². The Labute approximate surface area is 285 Å². The molecule has 0 bridgehead atoms. The topological polar surface area (TPSA) is 96.9 Å². The largest absolute Gasteiger partial charge is 0.389 e. The molecule has 7 nitrogen and oxygen atoms in total. The van der Waals surface area contributed by atoms with Crippen LogP contribution in [0.4, 0.5) is 0 Å². The standard InChI is InChI=1S/C39H78N2O5/c1-6-10-12-14-16-18-20-22-24-26-28-30-32-35(45-8-3)38(43)40-37(34(5)42)41-39(44)36(46-9-4)33-31-29-27-25-23-21-19-17-15-13-11-7-2/h34-37,42H,6-33H2,1-5H3,(H,40,43)(H,41,44). The summed E-state index contributed by atoms with van der Waals surface area (Å²) in [4.78, 5) is 26.2. The van der Waals surface area contributed by atoms with Crippen LogP contribution in [0.1, 0.15) is 202 Å². The van der Waals surface area contributed by atoms with Gasteiger partial charge in [0.2, 0.25) is 0 Å². The van der Waals surface area contributed by atoms with Crippen LogP contribution in [0, 0.1) is 0 Å². The third kappa shape index (κ3) is 26.8. The first kappa shape index (κ1) is 44.8. The predicted octanol–water partition coefficient (Wildman–Crippen LogP) is 9.92. The molecule has 0 aromatic rings. The summed E-state index contributed by atoms with van der Waals surface area (Å²) >= 11 is 0. The molecule has 3 N–H and O–H groups in total. The molecule has 0 aliphatic carbocycles. The van der Waals surface area contributed by atoms with Gasteiger partial charge in [-0.25, -0.2) is 0 Å². The normalized spacial score (nSPS) is 14.1. The van der Waals surface area contributed by atoms with Crippen molar-refractivity contribution >= 4 is 11.8 Å². The van der Waals surface area contributed by atoms with Gasteiger partial charge in [0.15, 0.2) is 0 Å². The molecule has 0 aromatic heterocycles. The van der Waals surface area contributed by atoms with E-state index in [1.165, 1.54) is 128 Å². The second-order valence-corrected chi connectivity index (χ2v) is 13.5. The van der Waals surface area contributed by atoms with Gasteiger partial charge in [-0.1, -0.05) is 168 Å². The Kier molecular flexibility index (Phi) is 32.8. The van der Waals surface area contributed by atoms with Gasteiger partial charge in [0, 0.05) is 13.2 Å². The first-order valence-electron chi connectivity index (χ1n) is 19.9. The highest BCUT2D eigenvalue weighted by atomic mass is 16.5. The van der Waals surface area contributed by atoms with Gasteiger partial charge in [-0.05, 0) is 33.6 Å². The van der Waals surface area contributed by atoms with Crippen LogP contribution in [-0.4, -0.2) is 54.6 Å². The lowest BCUT2D eigenvalue weighted by atomic mass is 10.0. The SMILES string of the molecule is CCCCCCCCCCCCCCC(OCC)C(=O)NC(NC(=O)C(CCCCCCCCCCCCCC)OCC)C(C)O. The van der Waals surface area contributed by atoms with Crippen molar-refractivity contribution < 1.29 is 24.2 Å². The highest BCUT2D eigenvalue weighted by molar-refractivity contribution is 5.84. The molecule has 0 spiro atoms. The van der Waals surface area contributed by atoms with E-state index in [-0.39, 0.29) is 11.8 Å². The lowest BCUT2D eigenvalue weighted by Crippen LogP contribution is -2.58. The number of hydrogen-bond acceptors (Lipinski definition) is 5. The molecule has 46 heavy (non-hydrogen) atoms. The molecule has 0 radical (unpaired) electrons. The van der Waals surface area contributed by atoms with Crippen LogP contribution in [0.5, 0.6) is 0 Å². The van der Waals surface area contributed by atoms with Gasteiger partial charge in [-0.15, -0.1) is 0 Å². The zero-order chi connectivity index (χ0) is 34.1. The molecular formula is C39H78N2O5. The van der Waals surface area contributed by atoms with Crippen LogP contribution < -0.4 is 10.6 Å². The summed E-state index contributed by atoms with van der Waals surface area (Å²) in [6, 6.07) is 0. The maximum Gasteiger partial charge on any atom is 0.250 e. The molecule has 3 unspecified atom stereocenters. The number of amides is 2.